The molecule has 1 aromatic rings. The average molecular weight is 554 g/mol. The fourth-order valence-corrected chi connectivity index (χ4v) is 4.22. The molecule has 4 atom stereocenters. The molecule has 0 heterocycles. The molecule has 4 unspecified atom stereocenters. The number of carboxylic acid groups (broad SMARTS) is 1. The summed E-state index contributed by atoms with van der Waals surface area (Å²) in [7, 11) is 0. The Labute approximate surface area is 228 Å². The minimum absolute atomic E-state index is 0.0108. The zero-order valence-corrected chi connectivity index (χ0v) is 23.3. The van der Waals surface area contributed by atoms with Crippen LogP contribution in [0.5, 0.6) is 5.75 Å². The van der Waals surface area contributed by atoms with E-state index in [0.717, 1.165) is 0 Å². The first-order valence-electron chi connectivity index (χ1n) is 12.8. The molecular formula is C26H43N5O6S. The van der Waals surface area contributed by atoms with Gasteiger partial charge in [0.15, 0.2) is 0 Å². The highest BCUT2D eigenvalue weighted by atomic mass is 32.2. The van der Waals surface area contributed by atoms with Crippen LogP contribution in [0, 0.1) is 5.92 Å². The monoisotopic (exact) mass is 553 g/mol. The standard InChI is InChI=1S/C26H43N5O6S/c1-16(2)14-21(24(34)29-20(26(36)37)6-4-5-12-27)31-25(35)22(15-17-7-9-18(32)10-8-17)30-23(33)19(28)11-13-38-3/h7-10,16,19-22,32H,4-6,11-15,27-28H2,1-3H3,(H,29,34)(H,30,33)(H,31,35)(H,36,37). The van der Waals surface area contributed by atoms with Crippen molar-refractivity contribution < 1.29 is 29.4 Å². The molecule has 0 aliphatic heterocycles. The molecule has 0 aromatic heterocycles. The number of aliphatic carboxylic acids is 1. The van der Waals surface area contributed by atoms with Crippen molar-refractivity contribution in [2.75, 3.05) is 18.6 Å². The van der Waals surface area contributed by atoms with Crippen LogP contribution in [0.2, 0.25) is 0 Å². The predicted molar refractivity (Wildman–Crippen MR) is 149 cm³/mol. The minimum Gasteiger partial charge on any atom is -0.508 e. The fourth-order valence-electron chi connectivity index (χ4n) is 3.73. The predicted octanol–water partition coefficient (Wildman–Crippen LogP) is 0.729. The maximum Gasteiger partial charge on any atom is 0.326 e. The summed E-state index contributed by atoms with van der Waals surface area (Å²) < 4.78 is 0. The number of carbonyl (C=O) groups excluding carboxylic acids is 3. The van der Waals surface area contributed by atoms with Gasteiger partial charge in [-0.05, 0) is 74.3 Å². The van der Waals surface area contributed by atoms with Crippen LogP contribution in [-0.2, 0) is 25.6 Å². The number of benzene rings is 1. The Hall–Kier alpha value is -2.83. The zero-order chi connectivity index (χ0) is 28.7. The Balaban J connectivity index is 3.08. The van der Waals surface area contributed by atoms with Gasteiger partial charge < -0.3 is 37.6 Å². The number of thioether (sulfide) groups is 1. The fraction of sp³-hybridized carbons (Fsp3) is 0.615. The second-order valence-corrected chi connectivity index (χ2v) is 10.7. The highest BCUT2D eigenvalue weighted by Crippen LogP contribution is 2.13. The summed E-state index contributed by atoms with van der Waals surface area (Å²) in [6.07, 6.45) is 4.07. The first-order chi connectivity index (χ1) is 18.0. The van der Waals surface area contributed by atoms with Gasteiger partial charge >= 0.3 is 5.97 Å². The Morgan fingerprint density at radius 3 is 2.03 bits per heavy atom. The summed E-state index contributed by atoms with van der Waals surface area (Å²) in [4.78, 5) is 50.9. The number of carboxylic acids is 1. The van der Waals surface area contributed by atoms with Crippen molar-refractivity contribution in [1.82, 2.24) is 16.0 Å². The molecule has 1 aromatic carbocycles. The molecule has 0 fully saturated rings. The van der Waals surface area contributed by atoms with Crippen molar-refractivity contribution in [3.8, 4) is 5.75 Å². The molecule has 214 valence electrons. The number of rotatable bonds is 18. The van der Waals surface area contributed by atoms with Crippen molar-refractivity contribution in [2.45, 2.75) is 76.5 Å². The van der Waals surface area contributed by atoms with E-state index in [9.17, 15) is 29.4 Å². The third-order valence-electron chi connectivity index (χ3n) is 5.88. The summed E-state index contributed by atoms with van der Waals surface area (Å²) in [6.45, 7) is 4.17. The molecule has 0 spiro atoms. The van der Waals surface area contributed by atoms with Crippen LogP contribution in [-0.4, -0.2) is 76.6 Å². The maximum atomic E-state index is 13.4. The molecule has 38 heavy (non-hydrogen) atoms. The van der Waals surface area contributed by atoms with Crippen LogP contribution in [0.15, 0.2) is 24.3 Å². The van der Waals surface area contributed by atoms with E-state index in [2.05, 4.69) is 16.0 Å². The number of hydrogen-bond donors (Lipinski definition) is 7. The van der Waals surface area contributed by atoms with Crippen molar-refractivity contribution >= 4 is 35.5 Å². The van der Waals surface area contributed by atoms with Crippen LogP contribution in [0.4, 0.5) is 0 Å². The number of carbonyl (C=O) groups is 4. The van der Waals surface area contributed by atoms with Crippen LogP contribution >= 0.6 is 11.8 Å². The van der Waals surface area contributed by atoms with Crippen molar-refractivity contribution in [3.05, 3.63) is 29.8 Å². The SMILES string of the molecule is CSCCC(N)C(=O)NC(Cc1ccc(O)cc1)C(=O)NC(CC(C)C)C(=O)NC(CCCCN)C(=O)O. The minimum atomic E-state index is -1.17. The van der Waals surface area contributed by atoms with Crippen LogP contribution in [0.25, 0.3) is 0 Å². The van der Waals surface area contributed by atoms with Gasteiger partial charge in [0.25, 0.3) is 0 Å². The first kappa shape index (κ1) is 33.2. The first-order valence-corrected chi connectivity index (χ1v) is 14.2. The smallest absolute Gasteiger partial charge is 0.326 e. The summed E-state index contributed by atoms with van der Waals surface area (Å²) >= 11 is 1.55. The number of nitrogens with two attached hydrogens (primary N) is 2. The van der Waals surface area contributed by atoms with Gasteiger partial charge in [-0.3, -0.25) is 14.4 Å². The van der Waals surface area contributed by atoms with Gasteiger partial charge in [0, 0.05) is 6.42 Å². The van der Waals surface area contributed by atoms with Gasteiger partial charge in [-0.1, -0.05) is 26.0 Å². The Morgan fingerprint density at radius 2 is 1.47 bits per heavy atom. The number of phenols is 1. The van der Waals surface area contributed by atoms with E-state index in [1.165, 1.54) is 12.1 Å². The van der Waals surface area contributed by atoms with Crippen molar-refractivity contribution in [3.63, 3.8) is 0 Å². The van der Waals surface area contributed by atoms with Crippen molar-refractivity contribution in [2.24, 2.45) is 17.4 Å². The zero-order valence-electron chi connectivity index (χ0n) is 22.4. The Bertz CT molecular complexity index is 899. The summed E-state index contributed by atoms with van der Waals surface area (Å²) in [5, 5.41) is 27.1. The summed E-state index contributed by atoms with van der Waals surface area (Å²) in [5.74, 6) is -2.12. The molecule has 3 amide bonds. The second kappa shape index (κ2) is 17.6. The lowest BCUT2D eigenvalue weighted by atomic mass is 10.00. The van der Waals surface area contributed by atoms with E-state index >= 15 is 0 Å². The molecule has 0 saturated carbocycles. The summed E-state index contributed by atoms with van der Waals surface area (Å²) in [6, 6.07) is 2.24. The molecule has 0 saturated heterocycles. The molecule has 11 nitrogen and oxygen atoms in total. The quantitative estimate of drug-likeness (QED) is 0.128. The van der Waals surface area contributed by atoms with E-state index in [0.29, 0.717) is 37.1 Å². The van der Waals surface area contributed by atoms with E-state index in [1.807, 2.05) is 20.1 Å². The lowest BCUT2D eigenvalue weighted by Crippen LogP contribution is -2.57. The molecule has 12 heteroatoms. The lowest BCUT2D eigenvalue weighted by molar-refractivity contribution is -0.142. The molecule has 0 bridgehead atoms. The molecule has 1 rings (SSSR count). The number of aromatic hydroxyl groups is 1. The Morgan fingerprint density at radius 1 is 0.895 bits per heavy atom. The average Bonchev–Trinajstić information content (AvgIpc) is 2.86. The molecule has 0 aliphatic carbocycles. The van der Waals surface area contributed by atoms with Gasteiger partial charge in [-0.15, -0.1) is 0 Å². The number of phenolic OH excluding ortho intramolecular Hbond substituents is 1. The van der Waals surface area contributed by atoms with Gasteiger partial charge in [-0.2, -0.15) is 11.8 Å². The largest absolute Gasteiger partial charge is 0.508 e. The highest BCUT2D eigenvalue weighted by Gasteiger charge is 2.30. The van der Waals surface area contributed by atoms with Gasteiger partial charge in [0.05, 0.1) is 6.04 Å². The second-order valence-electron chi connectivity index (χ2n) is 9.69. The van der Waals surface area contributed by atoms with Crippen molar-refractivity contribution in [1.29, 1.82) is 0 Å². The van der Waals surface area contributed by atoms with Gasteiger partial charge in [0.1, 0.15) is 23.9 Å². The van der Waals surface area contributed by atoms with Gasteiger partial charge in [-0.25, -0.2) is 4.79 Å². The maximum absolute atomic E-state index is 13.4. The highest BCUT2D eigenvalue weighted by molar-refractivity contribution is 7.98. The van der Waals surface area contributed by atoms with E-state index in [4.69, 9.17) is 11.5 Å². The number of amides is 3. The van der Waals surface area contributed by atoms with Crippen LogP contribution in [0.3, 0.4) is 0 Å². The Kier molecular flexibility index (Phi) is 15.4. The number of hydrogen-bond acceptors (Lipinski definition) is 8. The van der Waals surface area contributed by atoms with Crippen LogP contribution < -0.4 is 27.4 Å². The molecule has 9 N–H and O–H groups in total. The van der Waals surface area contributed by atoms with E-state index in [1.54, 1.807) is 23.9 Å². The van der Waals surface area contributed by atoms with E-state index in [-0.39, 0.29) is 30.9 Å². The molecule has 0 radical (unpaired) electrons. The topological polar surface area (TPSA) is 197 Å². The lowest BCUT2D eigenvalue weighted by Gasteiger charge is -2.26. The normalized spacial score (nSPS) is 14.3. The summed E-state index contributed by atoms with van der Waals surface area (Å²) in [5.41, 5.74) is 12.2. The number of unbranched alkanes of at least 4 members (excludes halogenated alkanes) is 1. The molecule has 0 aliphatic rings. The molecular weight excluding hydrogens is 510 g/mol. The third-order valence-corrected chi connectivity index (χ3v) is 6.52. The number of nitrogens with one attached hydrogen (secondary N) is 3. The van der Waals surface area contributed by atoms with Gasteiger partial charge in [0.2, 0.25) is 17.7 Å². The van der Waals surface area contributed by atoms with Crippen LogP contribution in [0.1, 0.15) is 51.5 Å². The van der Waals surface area contributed by atoms with E-state index < -0.39 is 47.9 Å². The third kappa shape index (κ3) is 12.6.